The summed E-state index contributed by atoms with van der Waals surface area (Å²) in [4.78, 5) is 4.93. The number of halogens is 1. The molecule has 0 spiro atoms. The molecule has 1 aliphatic heterocycles. The van der Waals surface area contributed by atoms with Crippen molar-refractivity contribution in [2.75, 3.05) is 32.1 Å². The van der Waals surface area contributed by atoms with Gasteiger partial charge in [-0.3, -0.25) is 0 Å². The summed E-state index contributed by atoms with van der Waals surface area (Å²) >= 11 is 11.3. The first kappa shape index (κ1) is 13.6. The van der Waals surface area contributed by atoms with Crippen LogP contribution in [0, 0.1) is 0 Å². The molecule has 98 valence electrons. The second-order valence-electron chi connectivity index (χ2n) is 4.85. The summed E-state index contributed by atoms with van der Waals surface area (Å²) in [5.74, 6) is 0. The van der Waals surface area contributed by atoms with Crippen molar-refractivity contribution < 1.29 is 0 Å². The van der Waals surface area contributed by atoms with Crippen LogP contribution in [0.25, 0.3) is 0 Å². The fourth-order valence-electron chi connectivity index (χ4n) is 2.40. The van der Waals surface area contributed by atoms with Crippen molar-refractivity contribution in [1.82, 2.24) is 4.90 Å². The zero-order chi connectivity index (χ0) is 13.3. The molecule has 1 unspecified atom stereocenters. The van der Waals surface area contributed by atoms with Crippen LogP contribution in [-0.4, -0.2) is 43.1 Å². The quantitative estimate of drug-likeness (QED) is 0.862. The Balaban J connectivity index is 2.30. The molecule has 1 aliphatic rings. The Morgan fingerprint density at radius 1 is 1.50 bits per heavy atom. The van der Waals surface area contributed by atoms with Crippen LogP contribution in [0.5, 0.6) is 0 Å². The molecule has 1 aromatic rings. The molecule has 1 atom stereocenters. The lowest BCUT2D eigenvalue weighted by Crippen LogP contribution is -2.32. The summed E-state index contributed by atoms with van der Waals surface area (Å²) in [5, 5.41) is 0.633. The van der Waals surface area contributed by atoms with Crippen molar-refractivity contribution in [3.8, 4) is 0 Å². The lowest BCUT2D eigenvalue weighted by Gasteiger charge is -2.24. The molecule has 0 amide bonds. The maximum absolute atomic E-state index is 6.20. The number of hydrogen-bond acceptors (Lipinski definition) is 3. The number of likely N-dealkylation sites (N-methyl/N-ethyl adjacent to an activating group) is 1. The van der Waals surface area contributed by atoms with Crippen molar-refractivity contribution >= 4 is 34.5 Å². The van der Waals surface area contributed by atoms with E-state index in [0.29, 0.717) is 16.1 Å². The monoisotopic (exact) mass is 283 g/mol. The van der Waals surface area contributed by atoms with Gasteiger partial charge >= 0.3 is 0 Å². The van der Waals surface area contributed by atoms with E-state index in [1.807, 2.05) is 18.2 Å². The lowest BCUT2D eigenvalue weighted by molar-refractivity contribution is 0.315. The van der Waals surface area contributed by atoms with Gasteiger partial charge in [-0.2, -0.15) is 0 Å². The third-order valence-corrected chi connectivity index (χ3v) is 3.99. The van der Waals surface area contributed by atoms with Gasteiger partial charge in [0.1, 0.15) is 4.99 Å². The molecular formula is C13H18ClN3S. The van der Waals surface area contributed by atoms with Gasteiger partial charge in [0.15, 0.2) is 0 Å². The summed E-state index contributed by atoms with van der Waals surface area (Å²) in [7, 11) is 4.22. The molecule has 0 aliphatic carbocycles. The minimum atomic E-state index is 0.365. The molecule has 0 bridgehead atoms. The summed E-state index contributed by atoms with van der Waals surface area (Å²) in [5.41, 5.74) is 7.64. The molecule has 1 aromatic carbocycles. The van der Waals surface area contributed by atoms with E-state index in [4.69, 9.17) is 29.6 Å². The number of hydrogen-bond donors (Lipinski definition) is 1. The van der Waals surface area contributed by atoms with Crippen molar-refractivity contribution in [3.05, 3.63) is 28.8 Å². The van der Waals surface area contributed by atoms with E-state index in [-0.39, 0.29) is 0 Å². The summed E-state index contributed by atoms with van der Waals surface area (Å²) in [6.07, 6.45) is 1.15. The van der Waals surface area contributed by atoms with Gasteiger partial charge in [0.05, 0.1) is 10.6 Å². The molecule has 5 heteroatoms. The van der Waals surface area contributed by atoms with E-state index < -0.39 is 0 Å². The second-order valence-corrected chi connectivity index (χ2v) is 5.70. The van der Waals surface area contributed by atoms with Crippen LogP contribution in [-0.2, 0) is 0 Å². The number of nitrogens with zero attached hydrogens (tertiary/aromatic N) is 2. The van der Waals surface area contributed by atoms with E-state index in [1.165, 1.54) is 0 Å². The summed E-state index contributed by atoms with van der Waals surface area (Å²) in [6.45, 7) is 2.00. The molecule has 1 heterocycles. The lowest BCUT2D eigenvalue weighted by atomic mass is 10.1. The Morgan fingerprint density at radius 2 is 2.22 bits per heavy atom. The highest BCUT2D eigenvalue weighted by atomic mass is 35.5. The molecule has 0 radical (unpaired) electrons. The minimum absolute atomic E-state index is 0.365. The fourth-order valence-corrected chi connectivity index (χ4v) is 2.94. The van der Waals surface area contributed by atoms with E-state index in [2.05, 4.69) is 23.9 Å². The van der Waals surface area contributed by atoms with E-state index >= 15 is 0 Å². The predicted molar refractivity (Wildman–Crippen MR) is 81.6 cm³/mol. The van der Waals surface area contributed by atoms with E-state index in [1.54, 1.807) is 0 Å². The summed E-state index contributed by atoms with van der Waals surface area (Å²) in [6, 6.07) is 6.39. The van der Waals surface area contributed by atoms with Crippen molar-refractivity contribution in [2.24, 2.45) is 5.73 Å². The molecular weight excluding hydrogens is 266 g/mol. The third-order valence-electron chi connectivity index (χ3n) is 3.47. The average molecular weight is 284 g/mol. The summed E-state index contributed by atoms with van der Waals surface area (Å²) < 4.78 is 0. The largest absolute Gasteiger partial charge is 0.389 e. The maximum Gasteiger partial charge on any atom is 0.107 e. The molecule has 18 heavy (non-hydrogen) atoms. The van der Waals surface area contributed by atoms with Gasteiger partial charge in [-0.25, -0.2) is 0 Å². The Bertz CT molecular complexity index is 462. The molecule has 2 N–H and O–H groups in total. The van der Waals surface area contributed by atoms with Gasteiger partial charge in [0, 0.05) is 24.8 Å². The number of anilines is 1. The third kappa shape index (κ3) is 2.60. The highest BCUT2D eigenvalue weighted by molar-refractivity contribution is 7.80. The van der Waals surface area contributed by atoms with Crippen LogP contribution >= 0.6 is 23.8 Å². The second kappa shape index (κ2) is 5.43. The van der Waals surface area contributed by atoms with Gasteiger partial charge in [0.25, 0.3) is 0 Å². The number of rotatable bonds is 3. The van der Waals surface area contributed by atoms with Gasteiger partial charge in [-0.05, 0) is 32.6 Å². The van der Waals surface area contributed by atoms with Crippen LogP contribution in [0.4, 0.5) is 5.69 Å². The Hall–Kier alpha value is -0.840. The fraction of sp³-hybridized carbons (Fsp3) is 0.462. The van der Waals surface area contributed by atoms with E-state index in [0.717, 1.165) is 30.8 Å². The highest BCUT2D eigenvalue weighted by Gasteiger charge is 2.26. The maximum atomic E-state index is 6.20. The molecule has 1 saturated heterocycles. The van der Waals surface area contributed by atoms with Gasteiger partial charge in [0.2, 0.25) is 0 Å². The SMILES string of the molecule is CN(C)C1CCN(c2cccc(Cl)c2C(N)=S)C1. The van der Waals surface area contributed by atoms with Crippen LogP contribution in [0.3, 0.4) is 0 Å². The van der Waals surface area contributed by atoms with E-state index in [9.17, 15) is 0 Å². The Morgan fingerprint density at radius 3 is 2.78 bits per heavy atom. The van der Waals surface area contributed by atoms with Gasteiger partial charge in [-0.1, -0.05) is 29.9 Å². The first-order valence-electron chi connectivity index (χ1n) is 6.00. The molecule has 0 saturated carbocycles. The zero-order valence-electron chi connectivity index (χ0n) is 10.7. The van der Waals surface area contributed by atoms with Crippen LogP contribution in [0.1, 0.15) is 12.0 Å². The smallest absolute Gasteiger partial charge is 0.107 e. The number of nitrogens with two attached hydrogens (primary N) is 1. The normalized spacial score (nSPS) is 19.6. The highest BCUT2D eigenvalue weighted by Crippen LogP contribution is 2.30. The number of thiocarbonyl (C=S) groups is 1. The van der Waals surface area contributed by atoms with Crippen molar-refractivity contribution in [1.29, 1.82) is 0 Å². The topological polar surface area (TPSA) is 32.5 Å². The molecule has 1 fully saturated rings. The van der Waals surface area contributed by atoms with Crippen LogP contribution in [0.2, 0.25) is 5.02 Å². The molecule has 3 nitrogen and oxygen atoms in total. The Labute approximate surface area is 119 Å². The molecule has 0 aromatic heterocycles. The van der Waals surface area contributed by atoms with Crippen molar-refractivity contribution in [3.63, 3.8) is 0 Å². The molecule has 2 rings (SSSR count). The predicted octanol–water partition coefficient (Wildman–Crippen LogP) is 2.11. The zero-order valence-corrected chi connectivity index (χ0v) is 12.3. The minimum Gasteiger partial charge on any atom is -0.389 e. The van der Waals surface area contributed by atoms with Gasteiger partial charge in [-0.15, -0.1) is 0 Å². The first-order valence-corrected chi connectivity index (χ1v) is 6.79. The first-order chi connectivity index (χ1) is 8.50. The van der Waals surface area contributed by atoms with Gasteiger partial charge < -0.3 is 15.5 Å². The van der Waals surface area contributed by atoms with Crippen LogP contribution < -0.4 is 10.6 Å². The number of benzene rings is 1. The van der Waals surface area contributed by atoms with Crippen LogP contribution in [0.15, 0.2) is 18.2 Å². The van der Waals surface area contributed by atoms with Crippen molar-refractivity contribution in [2.45, 2.75) is 12.5 Å². The standard InChI is InChI=1S/C13H18ClN3S/c1-16(2)9-6-7-17(8-9)11-5-3-4-10(14)12(11)13(15)18/h3-5,9H,6-8H2,1-2H3,(H2,15,18). The average Bonchev–Trinajstić information content (AvgIpc) is 2.77. The Kier molecular flexibility index (Phi) is 4.10.